The molecule has 0 saturated heterocycles. The molecule has 0 radical (unpaired) electrons. The Morgan fingerprint density at radius 1 is 1.26 bits per heavy atom. The third-order valence-electron chi connectivity index (χ3n) is 3.51. The van der Waals surface area contributed by atoms with Gasteiger partial charge in [-0.15, -0.1) is 0 Å². The molecule has 0 N–H and O–H groups in total. The molecule has 1 aromatic rings. The Balaban J connectivity index is 2.75. The van der Waals surface area contributed by atoms with Crippen molar-refractivity contribution in [1.29, 1.82) is 0 Å². The van der Waals surface area contributed by atoms with E-state index in [1.165, 1.54) is 0 Å². The number of hydrogen-bond donors (Lipinski definition) is 0. The Kier molecular flexibility index (Phi) is 5.52. The lowest BCUT2D eigenvalue weighted by molar-refractivity contribution is 0.193. The summed E-state index contributed by atoms with van der Waals surface area (Å²) < 4.78 is 11.5. The number of rotatable bonds is 5. The first-order valence-corrected chi connectivity index (χ1v) is 10.4. The van der Waals surface area contributed by atoms with Gasteiger partial charge in [-0.2, -0.15) is 0 Å². The van der Waals surface area contributed by atoms with Crippen molar-refractivity contribution in [1.82, 2.24) is 9.97 Å². The summed E-state index contributed by atoms with van der Waals surface area (Å²) in [5.74, 6) is 1.35. The van der Waals surface area contributed by atoms with Gasteiger partial charge in [-0.3, -0.25) is 0 Å². The van der Waals surface area contributed by atoms with Crippen molar-refractivity contribution in [2.45, 2.75) is 51.9 Å². The van der Waals surface area contributed by atoms with Gasteiger partial charge >= 0.3 is 0 Å². The van der Waals surface area contributed by atoms with Crippen molar-refractivity contribution in [2.75, 3.05) is 5.52 Å². The Labute approximate surface area is 125 Å². The molecule has 0 aromatic carbocycles. The van der Waals surface area contributed by atoms with Crippen LogP contribution < -0.4 is 4.74 Å². The van der Waals surface area contributed by atoms with Gasteiger partial charge in [0.1, 0.15) is 11.6 Å². The van der Waals surface area contributed by atoms with Crippen molar-refractivity contribution in [3.05, 3.63) is 18.2 Å². The quantitative estimate of drug-likeness (QED) is 0.589. The number of ether oxygens (including phenoxy) is 1. The SMILES string of the molecule is CC(O[Si](C)(C)C(C)(C)C)c1ncc(OCBr)cn1. The lowest BCUT2D eigenvalue weighted by Gasteiger charge is -2.38. The number of aromatic nitrogens is 2. The smallest absolute Gasteiger partial charge is 0.193 e. The average molecular weight is 347 g/mol. The minimum Gasteiger partial charge on any atom is -0.479 e. The van der Waals surface area contributed by atoms with Crippen LogP contribution in [0.1, 0.15) is 39.6 Å². The second kappa shape index (κ2) is 6.32. The van der Waals surface area contributed by atoms with Crippen LogP contribution in [0.2, 0.25) is 18.1 Å². The molecule has 19 heavy (non-hydrogen) atoms. The molecule has 1 aromatic heterocycles. The largest absolute Gasteiger partial charge is 0.479 e. The van der Waals surface area contributed by atoms with E-state index in [0.717, 1.165) is 0 Å². The van der Waals surface area contributed by atoms with Gasteiger partial charge < -0.3 is 9.16 Å². The number of alkyl halides is 1. The van der Waals surface area contributed by atoms with Crippen molar-refractivity contribution < 1.29 is 9.16 Å². The predicted octanol–water partition coefficient (Wildman–Crippen LogP) is 4.29. The Bertz CT molecular complexity index is 404. The molecule has 0 fully saturated rings. The van der Waals surface area contributed by atoms with E-state index in [-0.39, 0.29) is 11.1 Å². The average Bonchev–Trinajstić information content (AvgIpc) is 2.28. The van der Waals surface area contributed by atoms with E-state index in [9.17, 15) is 0 Å². The van der Waals surface area contributed by atoms with Crippen molar-refractivity contribution in [2.24, 2.45) is 0 Å². The molecule has 0 aliphatic heterocycles. The molecule has 4 nitrogen and oxygen atoms in total. The molecule has 0 aliphatic carbocycles. The first kappa shape index (κ1) is 16.6. The predicted molar refractivity (Wildman–Crippen MR) is 83.2 cm³/mol. The Hall–Kier alpha value is -0.463. The van der Waals surface area contributed by atoms with E-state index in [1.807, 2.05) is 6.92 Å². The fourth-order valence-corrected chi connectivity index (χ4v) is 2.95. The summed E-state index contributed by atoms with van der Waals surface area (Å²) in [6, 6.07) is 0. The Morgan fingerprint density at radius 3 is 2.21 bits per heavy atom. The third-order valence-corrected chi connectivity index (χ3v) is 8.29. The number of nitrogens with zero attached hydrogens (tertiary/aromatic N) is 2. The lowest BCUT2D eigenvalue weighted by Crippen LogP contribution is -2.41. The molecule has 0 bridgehead atoms. The number of halogens is 1. The standard InChI is InChI=1S/C13H23BrN2O2Si/c1-10(18-19(5,6)13(2,3)4)12-15-7-11(8-16-12)17-9-14/h7-8,10H,9H2,1-6H3. The van der Waals surface area contributed by atoms with Crippen LogP contribution in [0.25, 0.3) is 0 Å². The first-order valence-electron chi connectivity index (χ1n) is 6.36. The van der Waals surface area contributed by atoms with E-state index in [0.29, 0.717) is 17.1 Å². The summed E-state index contributed by atoms with van der Waals surface area (Å²) in [6.07, 6.45) is 3.25. The molecule has 0 saturated carbocycles. The van der Waals surface area contributed by atoms with Crippen LogP contribution in [0.4, 0.5) is 0 Å². The van der Waals surface area contributed by atoms with Crippen LogP contribution >= 0.6 is 15.9 Å². The monoisotopic (exact) mass is 346 g/mol. The molecule has 1 rings (SSSR count). The van der Waals surface area contributed by atoms with Crippen molar-refractivity contribution in [3.63, 3.8) is 0 Å². The highest BCUT2D eigenvalue weighted by Crippen LogP contribution is 2.39. The second-order valence-corrected chi connectivity index (χ2v) is 11.3. The number of hydrogen-bond acceptors (Lipinski definition) is 4. The molecule has 1 unspecified atom stereocenters. The summed E-state index contributed by atoms with van der Waals surface area (Å²) in [5, 5.41) is 0.181. The molecule has 108 valence electrons. The van der Waals surface area contributed by atoms with E-state index in [2.05, 4.69) is 59.8 Å². The maximum atomic E-state index is 6.25. The summed E-state index contributed by atoms with van der Waals surface area (Å²) in [7, 11) is -1.80. The highest BCUT2D eigenvalue weighted by Gasteiger charge is 2.39. The summed E-state index contributed by atoms with van der Waals surface area (Å²) in [4.78, 5) is 8.61. The van der Waals surface area contributed by atoms with Crippen LogP contribution in [0.15, 0.2) is 12.4 Å². The summed E-state index contributed by atoms with van der Waals surface area (Å²) >= 11 is 3.20. The van der Waals surface area contributed by atoms with E-state index in [1.54, 1.807) is 12.4 Å². The molecule has 0 amide bonds. The second-order valence-electron chi connectivity index (χ2n) is 6.05. The van der Waals surface area contributed by atoms with E-state index in [4.69, 9.17) is 9.16 Å². The fraction of sp³-hybridized carbons (Fsp3) is 0.692. The van der Waals surface area contributed by atoms with Crippen LogP contribution in [-0.4, -0.2) is 23.8 Å². The van der Waals surface area contributed by atoms with Crippen molar-refractivity contribution in [3.8, 4) is 5.75 Å². The van der Waals surface area contributed by atoms with Gasteiger partial charge in [0.25, 0.3) is 0 Å². The third kappa shape index (κ3) is 4.54. The van der Waals surface area contributed by atoms with Crippen LogP contribution in [0.3, 0.4) is 0 Å². The molecular weight excluding hydrogens is 324 g/mol. The van der Waals surface area contributed by atoms with Crippen LogP contribution in [0.5, 0.6) is 5.75 Å². The molecule has 1 atom stereocenters. The van der Waals surface area contributed by atoms with Crippen LogP contribution in [0, 0.1) is 0 Å². The molecule has 1 heterocycles. The molecular formula is C13H23BrN2O2Si. The zero-order valence-corrected chi connectivity index (χ0v) is 15.1. The first-order chi connectivity index (χ1) is 8.67. The normalized spacial score (nSPS) is 14.3. The zero-order chi connectivity index (χ0) is 14.7. The maximum absolute atomic E-state index is 6.25. The van der Waals surface area contributed by atoms with Gasteiger partial charge in [0, 0.05) is 0 Å². The van der Waals surface area contributed by atoms with Crippen molar-refractivity contribution >= 4 is 24.2 Å². The minimum atomic E-state index is -1.80. The minimum absolute atomic E-state index is 0.0982. The zero-order valence-electron chi connectivity index (χ0n) is 12.5. The summed E-state index contributed by atoms with van der Waals surface area (Å²) in [6.45, 7) is 13.1. The van der Waals surface area contributed by atoms with E-state index < -0.39 is 8.32 Å². The highest BCUT2D eigenvalue weighted by atomic mass is 79.9. The van der Waals surface area contributed by atoms with E-state index >= 15 is 0 Å². The van der Waals surface area contributed by atoms with Gasteiger partial charge in [-0.25, -0.2) is 9.97 Å². The Morgan fingerprint density at radius 2 is 1.79 bits per heavy atom. The topological polar surface area (TPSA) is 44.2 Å². The fourth-order valence-electron chi connectivity index (χ4n) is 1.35. The maximum Gasteiger partial charge on any atom is 0.193 e. The van der Waals surface area contributed by atoms with Gasteiger partial charge in [0.15, 0.2) is 19.9 Å². The van der Waals surface area contributed by atoms with Gasteiger partial charge in [-0.1, -0.05) is 20.8 Å². The molecule has 0 spiro atoms. The molecule has 6 heteroatoms. The van der Waals surface area contributed by atoms with Gasteiger partial charge in [-0.05, 0) is 41.0 Å². The highest BCUT2D eigenvalue weighted by molar-refractivity contribution is 9.09. The van der Waals surface area contributed by atoms with Gasteiger partial charge in [0.05, 0.1) is 12.4 Å². The lowest BCUT2D eigenvalue weighted by atomic mass is 10.2. The summed E-state index contributed by atoms with van der Waals surface area (Å²) in [5.41, 5.74) is 0.436. The van der Waals surface area contributed by atoms with Gasteiger partial charge in [0.2, 0.25) is 0 Å². The molecule has 0 aliphatic rings. The van der Waals surface area contributed by atoms with Crippen LogP contribution in [-0.2, 0) is 4.43 Å².